The number of thioether (sulfide) groups is 1. The normalized spacial score (nSPS) is 15.1. The van der Waals surface area contributed by atoms with Crippen molar-refractivity contribution >= 4 is 33.4 Å². The van der Waals surface area contributed by atoms with Gasteiger partial charge in [0, 0.05) is 18.8 Å². The van der Waals surface area contributed by atoms with Crippen LogP contribution in [0, 0.1) is 0 Å². The number of furan rings is 1. The molecule has 2 aromatic heterocycles. The summed E-state index contributed by atoms with van der Waals surface area (Å²) in [7, 11) is -1.90. The Morgan fingerprint density at radius 3 is 2.67 bits per heavy atom. The van der Waals surface area contributed by atoms with Gasteiger partial charge in [-0.05, 0) is 49.2 Å². The molecule has 11 heteroatoms. The lowest BCUT2D eigenvalue weighted by Crippen LogP contribution is -2.38. The van der Waals surface area contributed by atoms with Crippen LogP contribution in [0.25, 0.3) is 0 Å². The molecular weight excluding hydrogens is 462 g/mol. The summed E-state index contributed by atoms with van der Waals surface area (Å²) in [4.78, 5) is 12.6. The van der Waals surface area contributed by atoms with Crippen LogP contribution in [0.3, 0.4) is 0 Å². The predicted molar refractivity (Wildman–Crippen MR) is 125 cm³/mol. The molecule has 1 amide bonds. The second-order valence-electron chi connectivity index (χ2n) is 8.00. The lowest BCUT2D eigenvalue weighted by Gasteiger charge is -2.30. The Balaban J connectivity index is 1.32. The highest BCUT2D eigenvalue weighted by atomic mass is 32.2. The summed E-state index contributed by atoms with van der Waals surface area (Å²) >= 11 is 1.26. The van der Waals surface area contributed by atoms with E-state index in [1.165, 1.54) is 34.6 Å². The van der Waals surface area contributed by atoms with Crippen LogP contribution in [-0.2, 0) is 21.4 Å². The van der Waals surface area contributed by atoms with Crippen molar-refractivity contribution in [3.63, 3.8) is 0 Å². The Bertz CT molecular complexity index is 1150. The lowest BCUT2D eigenvalue weighted by atomic mass is 9.96. The van der Waals surface area contributed by atoms with E-state index in [-0.39, 0.29) is 22.6 Å². The molecule has 33 heavy (non-hydrogen) atoms. The van der Waals surface area contributed by atoms with Gasteiger partial charge in [0.05, 0.1) is 23.5 Å². The fourth-order valence-corrected chi connectivity index (χ4v) is 6.01. The number of hydrogen-bond acceptors (Lipinski definition) is 7. The smallest absolute Gasteiger partial charge is 0.243 e. The molecule has 1 aromatic carbocycles. The SMILES string of the molecule is CN(C1CCCCC1)S(=O)(=O)c1ccc(NC(=O)CSc2nncn2Cc2ccco2)cc1. The first-order chi connectivity index (χ1) is 15.9. The molecule has 0 aliphatic heterocycles. The van der Waals surface area contributed by atoms with E-state index >= 15 is 0 Å². The van der Waals surface area contributed by atoms with Crippen LogP contribution in [0.1, 0.15) is 37.9 Å². The number of anilines is 1. The van der Waals surface area contributed by atoms with Gasteiger partial charge in [-0.3, -0.25) is 4.79 Å². The van der Waals surface area contributed by atoms with E-state index < -0.39 is 10.0 Å². The number of nitrogens with one attached hydrogen (secondary N) is 1. The summed E-state index contributed by atoms with van der Waals surface area (Å²) in [6.45, 7) is 0.481. The van der Waals surface area contributed by atoms with Crippen molar-refractivity contribution in [2.24, 2.45) is 0 Å². The second-order valence-corrected chi connectivity index (χ2v) is 10.9. The average Bonchev–Trinajstić information content (AvgIpc) is 3.50. The molecule has 2 heterocycles. The van der Waals surface area contributed by atoms with Gasteiger partial charge in [0.1, 0.15) is 12.1 Å². The molecule has 1 saturated carbocycles. The molecule has 0 atom stereocenters. The molecule has 4 rings (SSSR count). The van der Waals surface area contributed by atoms with Crippen molar-refractivity contribution in [2.75, 3.05) is 18.1 Å². The molecule has 3 aromatic rings. The van der Waals surface area contributed by atoms with E-state index in [0.717, 1.165) is 31.4 Å². The Hall–Kier alpha value is -2.63. The maximum Gasteiger partial charge on any atom is 0.243 e. The molecular formula is C22H27N5O4S2. The number of sulfonamides is 1. The summed E-state index contributed by atoms with van der Waals surface area (Å²) in [5.74, 6) is 0.689. The molecule has 0 bridgehead atoms. The van der Waals surface area contributed by atoms with Gasteiger partial charge >= 0.3 is 0 Å². The zero-order valence-electron chi connectivity index (χ0n) is 18.4. The highest BCUT2D eigenvalue weighted by Gasteiger charge is 2.28. The molecule has 176 valence electrons. The number of aromatic nitrogens is 3. The minimum Gasteiger partial charge on any atom is -0.467 e. The molecule has 0 radical (unpaired) electrons. The maximum absolute atomic E-state index is 13.0. The van der Waals surface area contributed by atoms with Crippen molar-refractivity contribution < 1.29 is 17.6 Å². The van der Waals surface area contributed by atoms with Crippen molar-refractivity contribution in [1.82, 2.24) is 19.1 Å². The first-order valence-electron chi connectivity index (χ1n) is 10.8. The molecule has 1 fully saturated rings. The van der Waals surface area contributed by atoms with Crippen LogP contribution in [0.5, 0.6) is 0 Å². The molecule has 0 spiro atoms. The third-order valence-corrected chi connectivity index (χ3v) is 8.63. The monoisotopic (exact) mass is 489 g/mol. The second kappa shape index (κ2) is 10.5. The first kappa shape index (κ1) is 23.5. The number of rotatable bonds is 9. The van der Waals surface area contributed by atoms with Crippen LogP contribution in [0.15, 0.2) is 63.5 Å². The third kappa shape index (κ3) is 5.84. The van der Waals surface area contributed by atoms with Crippen LogP contribution in [-0.4, -0.2) is 52.2 Å². The number of benzene rings is 1. The van der Waals surface area contributed by atoms with Crippen LogP contribution < -0.4 is 5.32 Å². The van der Waals surface area contributed by atoms with Gasteiger partial charge in [-0.2, -0.15) is 4.31 Å². The van der Waals surface area contributed by atoms with Gasteiger partial charge in [0.25, 0.3) is 0 Å². The van der Waals surface area contributed by atoms with Gasteiger partial charge in [0.2, 0.25) is 15.9 Å². The highest BCUT2D eigenvalue weighted by Crippen LogP contribution is 2.27. The standard InChI is InChI=1S/C22H27N5O4S2/c1-26(18-6-3-2-4-7-18)33(29,30)20-11-9-17(10-12-20)24-21(28)15-32-22-25-23-16-27(22)14-19-8-5-13-31-19/h5,8-13,16,18H,2-4,6-7,14-15H2,1H3,(H,24,28). The molecule has 1 aliphatic rings. The lowest BCUT2D eigenvalue weighted by molar-refractivity contribution is -0.113. The topological polar surface area (TPSA) is 110 Å². The minimum atomic E-state index is -3.56. The van der Waals surface area contributed by atoms with Crippen LogP contribution in [0.4, 0.5) is 5.69 Å². The zero-order valence-corrected chi connectivity index (χ0v) is 20.0. The summed E-state index contributed by atoms with van der Waals surface area (Å²) in [5, 5.41) is 11.4. The fraction of sp³-hybridized carbons (Fsp3) is 0.409. The Labute approximate surface area is 197 Å². The van der Waals surface area contributed by atoms with Crippen molar-refractivity contribution in [3.05, 3.63) is 54.7 Å². The molecule has 1 aliphatic carbocycles. The van der Waals surface area contributed by atoms with E-state index in [0.29, 0.717) is 17.4 Å². The van der Waals surface area contributed by atoms with Gasteiger partial charge in [-0.25, -0.2) is 8.42 Å². The summed E-state index contributed by atoms with van der Waals surface area (Å²) in [6.07, 6.45) is 8.28. The van der Waals surface area contributed by atoms with Gasteiger partial charge < -0.3 is 14.3 Å². The summed E-state index contributed by atoms with van der Waals surface area (Å²) in [6, 6.07) is 10.0. The van der Waals surface area contributed by atoms with Crippen molar-refractivity contribution in [1.29, 1.82) is 0 Å². The van der Waals surface area contributed by atoms with Crippen molar-refractivity contribution in [2.45, 2.75) is 54.7 Å². The molecule has 1 N–H and O–H groups in total. The average molecular weight is 490 g/mol. The summed E-state index contributed by atoms with van der Waals surface area (Å²) < 4.78 is 34.6. The van der Waals surface area contributed by atoms with E-state index in [2.05, 4.69) is 15.5 Å². The number of amides is 1. The van der Waals surface area contributed by atoms with Gasteiger partial charge in [-0.15, -0.1) is 10.2 Å². The van der Waals surface area contributed by atoms with Crippen LogP contribution >= 0.6 is 11.8 Å². The van der Waals surface area contributed by atoms with E-state index in [1.807, 2.05) is 12.1 Å². The number of nitrogens with zero attached hydrogens (tertiary/aromatic N) is 4. The zero-order chi connectivity index (χ0) is 23.3. The maximum atomic E-state index is 13.0. The fourth-order valence-electron chi connectivity index (χ4n) is 3.88. The Morgan fingerprint density at radius 2 is 1.97 bits per heavy atom. The van der Waals surface area contributed by atoms with E-state index in [9.17, 15) is 13.2 Å². The van der Waals surface area contributed by atoms with Gasteiger partial charge in [0.15, 0.2) is 5.16 Å². The number of carbonyl (C=O) groups is 1. The molecule has 0 unspecified atom stereocenters. The third-order valence-electron chi connectivity index (χ3n) is 5.72. The van der Waals surface area contributed by atoms with E-state index in [1.54, 1.807) is 36.3 Å². The Morgan fingerprint density at radius 1 is 1.21 bits per heavy atom. The number of hydrogen-bond donors (Lipinski definition) is 1. The van der Waals surface area contributed by atoms with Gasteiger partial charge in [-0.1, -0.05) is 31.0 Å². The molecule has 0 saturated heterocycles. The minimum absolute atomic E-state index is 0.0509. The van der Waals surface area contributed by atoms with Crippen molar-refractivity contribution in [3.8, 4) is 0 Å². The molecule has 9 nitrogen and oxygen atoms in total. The summed E-state index contributed by atoms with van der Waals surface area (Å²) in [5.41, 5.74) is 0.539. The quantitative estimate of drug-likeness (QED) is 0.457. The number of carbonyl (C=O) groups excluding carboxylic acids is 1. The predicted octanol–water partition coefficient (Wildman–Crippen LogP) is 3.60. The van der Waals surface area contributed by atoms with Crippen LogP contribution in [0.2, 0.25) is 0 Å². The highest BCUT2D eigenvalue weighted by molar-refractivity contribution is 7.99. The van der Waals surface area contributed by atoms with E-state index in [4.69, 9.17) is 4.42 Å². The largest absolute Gasteiger partial charge is 0.467 e. The Kier molecular flexibility index (Phi) is 7.51. The first-order valence-corrected chi connectivity index (χ1v) is 13.3.